The molecule has 2 rings (SSSR count). The zero-order chi connectivity index (χ0) is 15.6. The maximum atomic E-state index is 12.5. The van der Waals surface area contributed by atoms with E-state index in [1.807, 2.05) is 0 Å². The number of amides is 1. The minimum absolute atomic E-state index is 0.00765. The van der Waals surface area contributed by atoms with Gasteiger partial charge >= 0.3 is 0 Å². The van der Waals surface area contributed by atoms with Crippen molar-refractivity contribution < 1.29 is 14.5 Å². The van der Waals surface area contributed by atoms with Crippen molar-refractivity contribution in [1.82, 2.24) is 4.90 Å². The third-order valence-corrected chi connectivity index (χ3v) is 3.80. The average molecular weight is 290 g/mol. The Balaban J connectivity index is 2.21. The molecule has 1 aliphatic heterocycles. The smallest absolute Gasteiger partial charge is 0.272 e. The van der Waals surface area contributed by atoms with E-state index in [4.69, 9.17) is 0 Å². The minimum Gasteiger partial charge on any atom is -0.335 e. The highest BCUT2D eigenvalue weighted by Gasteiger charge is 2.30. The molecule has 1 aromatic rings. The van der Waals surface area contributed by atoms with Crippen LogP contribution in [0.1, 0.15) is 42.1 Å². The molecule has 1 amide bonds. The molecule has 1 heterocycles. The highest BCUT2D eigenvalue weighted by Crippen LogP contribution is 2.25. The Labute approximate surface area is 122 Å². The quantitative estimate of drug-likeness (QED) is 0.630. The summed E-state index contributed by atoms with van der Waals surface area (Å²) < 4.78 is 0. The number of nitro groups is 1. The predicted octanol–water partition coefficient (Wildman–Crippen LogP) is 2.49. The van der Waals surface area contributed by atoms with Gasteiger partial charge in [-0.15, -0.1) is 0 Å². The molecule has 0 saturated carbocycles. The molecule has 0 aromatic heterocycles. The van der Waals surface area contributed by atoms with E-state index >= 15 is 0 Å². The van der Waals surface area contributed by atoms with Crippen molar-refractivity contribution in [2.75, 3.05) is 6.54 Å². The Kier molecular flexibility index (Phi) is 4.35. The number of carbonyl (C=O) groups is 2. The number of hydrogen-bond acceptors (Lipinski definition) is 4. The minimum atomic E-state index is -0.460. The molecule has 0 radical (unpaired) electrons. The van der Waals surface area contributed by atoms with Gasteiger partial charge in [0.1, 0.15) is 5.78 Å². The van der Waals surface area contributed by atoms with Gasteiger partial charge in [0.15, 0.2) is 0 Å². The van der Waals surface area contributed by atoms with Gasteiger partial charge in [-0.2, -0.15) is 0 Å². The van der Waals surface area contributed by atoms with Crippen LogP contribution in [-0.2, 0) is 4.79 Å². The molecule has 0 aliphatic carbocycles. The molecule has 1 atom stereocenters. The summed E-state index contributed by atoms with van der Waals surface area (Å²) in [7, 11) is 0. The van der Waals surface area contributed by atoms with Gasteiger partial charge in [-0.1, -0.05) is 0 Å². The SMILES string of the molecule is CC(=O)CC1CCCN1C(=O)c1ccc([N+](=O)[O-])c(C)c1. The first-order valence-corrected chi connectivity index (χ1v) is 6.95. The van der Waals surface area contributed by atoms with Crippen LogP contribution in [0, 0.1) is 17.0 Å². The van der Waals surface area contributed by atoms with Crippen molar-refractivity contribution in [2.24, 2.45) is 0 Å². The maximum absolute atomic E-state index is 12.5. The third kappa shape index (κ3) is 3.26. The molecule has 0 bridgehead atoms. The van der Waals surface area contributed by atoms with Crippen LogP contribution in [0.25, 0.3) is 0 Å². The maximum Gasteiger partial charge on any atom is 0.272 e. The summed E-state index contributed by atoms with van der Waals surface area (Å²) in [6.45, 7) is 3.77. The summed E-state index contributed by atoms with van der Waals surface area (Å²) in [5, 5.41) is 10.8. The summed E-state index contributed by atoms with van der Waals surface area (Å²) >= 11 is 0. The molecule has 1 saturated heterocycles. The van der Waals surface area contributed by atoms with Crippen molar-refractivity contribution in [1.29, 1.82) is 0 Å². The number of aryl methyl sites for hydroxylation is 1. The zero-order valence-electron chi connectivity index (χ0n) is 12.2. The largest absolute Gasteiger partial charge is 0.335 e. The van der Waals surface area contributed by atoms with Crippen LogP contribution in [0.15, 0.2) is 18.2 Å². The third-order valence-electron chi connectivity index (χ3n) is 3.80. The second-order valence-electron chi connectivity index (χ2n) is 5.46. The highest BCUT2D eigenvalue weighted by atomic mass is 16.6. The van der Waals surface area contributed by atoms with Crippen molar-refractivity contribution >= 4 is 17.4 Å². The van der Waals surface area contributed by atoms with Gasteiger partial charge in [-0.3, -0.25) is 19.7 Å². The first-order chi connectivity index (χ1) is 9.90. The van der Waals surface area contributed by atoms with E-state index in [0.717, 1.165) is 12.8 Å². The molecule has 6 heteroatoms. The van der Waals surface area contributed by atoms with Gasteiger partial charge in [-0.25, -0.2) is 0 Å². The number of ketones is 1. The molecule has 0 N–H and O–H groups in total. The Morgan fingerprint density at radius 3 is 2.71 bits per heavy atom. The Morgan fingerprint density at radius 2 is 2.14 bits per heavy atom. The fourth-order valence-corrected chi connectivity index (χ4v) is 2.81. The second kappa shape index (κ2) is 6.03. The standard InChI is InChI=1S/C15H18N2O4/c1-10-8-12(5-6-14(10)17(20)21)15(19)16-7-3-4-13(16)9-11(2)18/h5-6,8,13H,3-4,7,9H2,1-2H3. The molecular formula is C15H18N2O4. The molecule has 21 heavy (non-hydrogen) atoms. The second-order valence-corrected chi connectivity index (χ2v) is 5.46. The van der Waals surface area contributed by atoms with Crippen molar-refractivity contribution in [3.05, 3.63) is 39.4 Å². The summed E-state index contributed by atoms with van der Waals surface area (Å²) in [5.41, 5.74) is 0.912. The number of nitrogens with zero attached hydrogens (tertiary/aromatic N) is 2. The van der Waals surface area contributed by atoms with Crippen LogP contribution >= 0.6 is 0 Å². The highest BCUT2D eigenvalue weighted by molar-refractivity contribution is 5.95. The molecule has 6 nitrogen and oxygen atoms in total. The van der Waals surface area contributed by atoms with E-state index in [9.17, 15) is 19.7 Å². The van der Waals surface area contributed by atoms with Crippen LogP contribution < -0.4 is 0 Å². The number of nitro benzene ring substituents is 1. The van der Waals surface area contributed by atoms with Gasteiger partial charge in [0.05, 0.1) is 4.92 Å². The lowest BCUT2D eigenvalue weighted by atomic mass is 10.1. The molecule has 1 aliphatic rings. The average Bonchev–Trinajstić information content (AvgIpc) is 2.84. The number of Topliss-reactive ketones (excluding diaryl/α,β-unsaturated/α-hetero) is 1. The molecule has 1 aromatic carbocycles. The number of hydrogen-bond donors (Lipinski definition) is 0. The molecule has 0 spiro atoms. The summed E-state index contributed by atoms with van der Waals surface area (Å²) in [6, 6.07) is 4.34. The molecule has 1 unspecified atom stereocenters. The number of likely N-dealkylation sites (tertiary alicyclic amines) is 1. The Bertz CT molecular complexity index is 597. The van der Waals surface area contributed by atoms with Crippen LogP contribution in [0.4, 0.5) is 5.69 Å². The topological polar surface area (TPSA) is 80.5 Å². The number of benzene rings is 1. The van der Waals surface area contributed by atoms with Crippen LogP contribution in [0.3, 0.4) is 0 Å². The summed E-state index contributed by atoms with van der Waals surface area (Å²) in [4.78, 5) is 35.8. The Hall–Kier alpha value is -2.24. The molecule has 112 valence electrons. The zero-order valence-corrected chi connectivity index (χ0v) is 12.2. The van der Waals surface area contributed by atoms with Gasteiger partial charge in [0, 0.05) is 36.2 Å². The fraction of sp³-hybridized carbons (Fsp3) is 0.467. The Morgan fingerprint density at radius 1 is 1.43 bits per heavy atom. The number of rotatable bonds is 4. The normalized spacial score (nSPS) is 17.8. The monoisotopic (exact) mass is 290 g/mol. The van der Waals surface area contributed by atoms with Crippen molar-refractivity contribution in [2.45, 2.75) is 39.2 Å². The number of carbonyl (C=O) groups excluding carboxylic acids is 2. The van der Waals surface area contributed by atoms with Crippen LogP contribution in [-0.4, -0.2) is 34.1 Å². The van der Waals surface area contributed by atoms with Crippen molar-refractivity contribution in [3.63, 3.8) is 0 Å². The lowest BCUT2D eigenvalue weighted by molar-refractivity contribution is -0.385. The van der Waals surface area contributed by atoms with Gasteiger partial charge < -0.3 is 4.90 Å². The molecule has 1 fully saturated rings. The lowest BCUT2D eigenvalue weighted by Gasteiger charge is -2.24. The van der Waals surface area contributed by atoms with E-state index in [0.29, 0.717) is 24.1 Å². The summed E-state index contributed by atoms with van der Waals surface area (Å²) in [6.07, 6.45) is 2.09. The van der Waals surface area contributed by atoms with Crippen molar-refractivity contribution in [3.8, 4) is 0 Å². The van der Waals surface area contributed by atoms with E-state index in [-0.39, 0.29) is 23.4 Å². The van der Waals surface area contributed by atoms with Gasteiger partial charge in [0.25, 0.3) is 11.6 Å². The van der Waals surface area contributed by atoms with Gasteiger partial charge in [0.2, 0.25) is 0 Å². The van der Waals surface area contributed by atoms with E-state index in [1.165, 1.54) is 19.1 Å². The fourth-order valence-electron chi connectivity index (χ4n) is 2.81. The predicted molar refractivity (Wildman–Crippen MR) is 77.2 cm³/mol. The molecular weight excluding hydrogens is 272 g/mol. The van der Waals surface area contributed by atoms with E-state index < -0.39 is 4.92 Å². The van der Waals surface area contributed by atoms with E-state index in [2.05, 4.69) is 0 Å². The summed E-state index contributed by atoms with van der Waals surface area (Å²) in [5.74, 6) is -0.0867. The van der Waals surface area contributed by atoms with Gasteiger partial charge in [-0.05, 0) is 38.8 Å². The van der Waals surface area contributed by atoms with E-state index in [1.54, 1.807) is 17.9 Å². The first-order valence-electron chi connectivity index (χ1n) is 6.95. The van der Waals surface area contributed by atoms with Crippen LogP contribution in [0.5, 0.6) is 0 Å². The lowest BCUT2D eigenvalue weighted by Crippen LogP contribution is -2.36. The first kappa shape index (κ1) is 15.2. The van der Waals surface area contributed by atoms with Crippen LogP contribution in [0.2, 0.25) is 0 Å².